The SMILES string of the molecule is CCOC(=O)c1coc(S(=O)(=O)NC(=O)Nc2c3c(cc4c2CCC4)CCC3)c1. The summed E-state index contributed by atoms with van der Waals surface area (Å²) in [7, 11) is -4.27. The minimum absolute atomic E-state index is 0.0358. The third-order valence-electron chi connectivity index (χ3n) is 5.29. The molecule has 0 spiro atoms. The third kappa shape index (κ3) is 3.74. The molecule has 2 aliphatic carbocycles. The lowest BCUT2D eigenvalue weighted by molar-refractivity contribution is 0.0525. The highest BCUT2D eigenvalue weighted by atomic mass is 32.2. The van der Waals surface area contributed by atoms with Crippen LogP contribution in [0, 0.1) is 0 Å². The molecule has 1 aromatic carbocycles. The Morgan fingerprint density at radius 1 is 1.07 bits per heavy atom. The zero-order valence-electron chi connectivity index (χ0n) is 16.0. The quantitative estimate of drug-likeness (QED) is 0.722. The molecule has 0 saturated carbocycles. The highest BCUT2D eigenvalue weighted by molar-refractivity contribution is 7.89. The van der Waals surface area contributed by atoms with Crippen LogP contribution in [0.3, 0.4) is 0 Å². The number of hydrogen-bond acceptors (Lipinski definition) is 6. The molecule has 0 unspecified atom stereocenters. The van der Waals surface area contributed by atoms with E-state index in [1.165, 1.54) is 11.1 Å². The number of urea groups is 1. The molecule has 1 aromatic heterocycles. The Kier molecular flexibility index (Phi) is 5.08. The molecule has 2 N–H and O–H groups in total. The molecular formula is C20H22N2O6S. The number of sulfonamides is 1. The summed E-state index contributed by atoms with van der Waals surface area (Å²) in [6.07, 6.45) is 6.71. The van der Waals surface area contributed by atoms with E-state index < -0.39 is 27.1 Å². The van der Waals surface area contributed by atoms with Crippen LogP contribution in [-0.2, 0) is 40.4 Å². The van der Waals surface area contributed by atoms with Gasteiger partial charge in [0.25, 0.3) is 10.0 Å². The molecule has 154 valence electrons. The molecule has 0 aliphatic heterocycles. The van der Waals surface area contributed by atoms with Crippen molar-refractivity contribution in [2.24, 2.45) is 0 Å². The van der Waals surface area contributed by atoms with E-state index in [0.717, 1.165) is 67.7 Å². The molecule has 8 nitrogen and oxygen atoms in total. The summed E-state index contributed by atoms with van der Waals surface area (Å²) in [5.74, 6) is -0.697. The van der Waals surface area contributed by atoms with Gasteiger partial charge < -0.3 is 14.5 Å². The van der Waals surface area contributed by atoms with E-state index in [4.69, 9.17) is 9.15 Å². The van der Waals surface area contributed by atoms with Crippen molar-refractivity contribution >= 4 is 27.7 Å². The zero-order valence-corrected chi connectivity index (χ0v) is 16.9. The minimum Gasteiger partial charge on any atom is -0.462 e. The molecule has 2 aromatic rings. The van der Waals surface area contributed by atoms with Gasteiger partial charge in [0.2, 0.25) is 5.09 Å². The average Bonchev–Trinajstić information content (AvgIpc) is 3.41. The van der Waals surface area contributed by atoms with Gasteiger partial charge in [-0.2, -0.15) is 8.42 Å². The maximum absolute atomic E-state index is 12.5. The maximum atomic E-state index is 12.5. The van der Waals surface area contributed by atoms with Crippen LogP contribution >= 0.6 is 0 Å². The van der Waals surface area contributed by atoms with Crippen molar-refractivity contribution in [3.8, 4) is 0 Å². The van der Waals surface area contributed by atoms with Crippen LogP contribution in [0.25, 0.3) is 0 Å². The molecule has 2 amide bonds. The van der Waals surface area contributed by atoms with Gasteiger partial charge in [-0.25, -0.2) is 14.3 Å². The molecule has 29 heavy (non-hydrogen) atoms. The summed E-state index contributed by atoms with van der Waals surface area (Å²) in [6.45, 7) is 1.79. The number of amides is 2. The summed E-state index contributed by atoms with van der Waals surface area (Å²) in [5.41, 5.74) is 5.36. The lowest BCUT2D eigenvalue weighted by atomic mass is 9.99. The first-order valence-electron chi connectivity index (χ1n) is 9.65. The number of rotatable bonds is 5. The number of carbonyl (C=O) groups excluding carboxylic acids is 2. The maximum Gasteiger partial charge on any atom is 0.341 e. The molecule has 0 atom stereocenters. The fraction of sp³-hybridized carbons (Fsp3) is 0.400. The Morgan fingerprint density at radius 2 is 1.72 bits per heavy atom. The van der Waals surface area contributed by atoms with Gasteiger partial charge in [-0.1, -0.05) is 6.07 Å². The van der Waals surface area contributed by atoms with Crippen molar-refractivity contribution in [2.45, 2.75) is 50.5 Å². The van der Waals surface area contributed by atoms with Crippen molar-refractivity contribution in [2.75, 3.05) is 11.9 Å². The normalized spacial score (nSPS) is 14.9. The minimum atomic E-state index is -4.27. The van der Waals surface area contributed by atoms with Gasteiger partial charge in [0.05, 0.1) is 12.2 Å². The second kappa shape index (κ2) is 7.55. The van der Waals surface area contributed by atoms with Crippen molar-refractivity contribution < 1.29 is 27.2 Å². The smallest absolute Gasteiger partial charge is 0.341 e. The number of esters is 1. The first kappa shape index (κ1) is 19.5. The Bertz CT molecular complexity index is 1050. The van der Waals surface area contributed by atoms with Crippen LogP contribution in [0.2, 0.25) is 0 Å². The molecule has 4 rings (SSSR count). The first-order chi connectivity index (χ1) is 13.9. The van der Waals surface area contributed by atoms with E-state index in [0.29, 0.717) is 0 Å². The van der Waals surface area contributed by atoms with Crippen LogP contribution in [0.15, 0.2) is 27.9 Å². The molecular weight excluding hydrogens is 396 g/mol. The van der Waals surface area contributed by atoms with E-state index in [1.807, 2.05) is 4.72 Å². The van der Waals surface area contributed by atoms with Crippen molar-refractivity contribution in [1.82, 2.24) is 4.72 Å². The summed E-state index contributed by atoms with van der Waals surface area (Å²) in [5, 5.41) is 2.23. The zero-order chi connectivity index (χ0) is 20.6. The molecule has 0 fully saturated rings. The number of ether oxygens (including phenoxy) is 1. The topological polar surface area (TPSA) is 115 Å². The molecule has 0 saturated heterocycles. The number of fused-ring (bicyclic) bond motifs is 2. The molecule has 2 aliphatic rings. The van der Waals surface area contributed by atoms with Gasteiger partial charge in [0, 0.05) is 11.8 Å². The van der Waals surface area contributed by atoms with Crippen LogP contribution in [0.5, 0.6) is 0 Å². The molecule has 0 bridgehead atoms. The van der Waals surface area contributed by atoms with Crippen molar-refractivity contribution in [3.05, 3.63) is 46.2 Å². The summed E-state index contributed by atoms with van der Waals surface area (Å²) < 4.78 is 36.7. The number of carbonyl (C=O) groups is 2. The second-order valence-corrected chi connectivity index (χ2v) is 8.78. The summed E-state index contributed by atoms with van der Waals surface area (Å²) >= 11 is 0. The van der Waals surface area contributed by atoms with Crippen LogP contribution in [0.4, 0.5) is 10.5 Å². The van der Waals surface area contributed by atoms with E-state index >= 15 is 0 Å². The molecule has 9 heteroatoms. The fourth-order valence-corrected chi connectivity index (χ4v) is 4.91. The number of hydrogen-bond donors (Lipinski definition) is 2. The number of benzene rings is 1. The van der Waals surface area contributed by atoms with Gasteiger partial charge >= 0.3 is 12.0 Å². The number of aryl methyl sites for hydroxylation is 2. The summed E-state index contributed by atoms with van der Waals surface area (Å²) in [4.78, 5) is 24.2. The Hall–Kier alpha value is -2.81. The molecule has 0 radical (unpaired) electrons. The Morgan fingerprint density at radius 3 is 2.34 bits per heavy atom. The van der Waals surface area contributed by atoms with Gasteiger partial charge in [-0.15, -0.1) is 0 Å². The largest absolute Gasteiger partial charge is 0.462 e. The average molecular weight is 418 g/mol. The monoisotopic (exact) mass is 418 g/mol. The summed E-state index contributed by atoms with van der Waals surface area (Å²) in [6, 6.07) is 2.41. The van der Waals surface area contributed by atoms with E-state index in [-0.39, 0.29) is 12.2 Å². The standard InChI is InChI=1S/C20H22N2O6S/c1-2-27-19(23)14-10-17(28-11-14)29(25,26)22-20(24)21-18-15-7-3-5-12(15)9-13-6-4-8-16(13)18/h9-11H,2-8H2,1H3,(H2,21,22,24). The predicted molar refractivity (Wildman–Crippen MR) is 104 cm³/mol. The molecule has 1 heterocycles. The van der Waals surface area contributed by atoms with Gasteiger partial charge in [-0.3, -0.25) is 0 Å². The van der Waals surface area contributed by atoms with Crippen molar-refractivity contribution in [1.29, 1.82) is 0 Å². The van der Waals surface area contributed by atoms with E-state index in [1.54, 1.807) is 6.92 Å². The Balaban J connectivity index is 1.53. The van der Waals surface area contributed by atoms with Gasteiger partial charge in [0.15, 0.2) is 0 Å². The number of nitrogens with one attached hydrogen (secondary N) is 2. The lowest BCUT2D eigenvalue weighted by Crippen LogP contribution is -2.34. The number of furan rings is 1. The van der Waals surface area contributed by atoms with E-state index in [2.05, 4.69) is 11.4 Å². The van der Waals surface area contributed by atoms with E-state index in [9.17, 15) is 18.0 Å². The number of anilines is 1. The lowest BCUT2D eigenvalue weighted by Gasteiger charge is -2.16. The van der Waals surface area contributed by atoms with Crippen LogP contribution in [-0.4, -0.2) is 27.0 Å². The fourth-order valence-electron chi connectivity index (χ4n) is 4.06. The highest BCUT2D eigenvalue weighted by Gasteiger charge is 2.28. The Labute approximate surface area is 168 Å². The van der Waals surface area contributed by atoms with Crippen molar-refractivity contribution in [3.63, 3.8) is 0 Å². The van der Waals surface area contributed by atoms with Gasteiger partial charge in [-0.05, 0) is 67.7 Å². The first-order valence-corrected chi connectivity index (χ1v) is 11.1. The second-order valence-electron chi connectivity index (χ2n) is 7.17. The van der Waals surface area contributed by atoms with Crippen LogP contribution < -0.4 is 10.0 Å². The highest BCUT2D eigenvalue weighted by Crippen LogP contribution is 2.38. The van der Waals surface area contributed by atoms with Gasteiger partial charge in [0.1, 0.15) is 6.26 Å². The third-order valence-corrected chi connectivity index (χ3v) is 6.49. The van der Waals surface area contributed by atoms with Crippen LogP contribution in [0.1, 0.15) is 52.4 Å². The predicted octanol–water partition coefficient (Wildman–Crippen LogP) is 2.94.